The van der Waals surface area contributed by atoms with E-state index in [1.54, 1.807) is 0 Å². The fourth-order valence-electron chi connectivity index (χ4n) is 1.76. The fraction of sp³-hybridized carbons (Fsp3) is 0.250. The van der Waals surface area contributed by atoms with Crippen molar-refractivity contribution in [2.45, 2.75) is 20.3 Å². The highest BCUT2D eigenvalue weighted by atomic mass is 35.5. The Morgan fingerprint density at radius 2 is 2.07 bits per heavy atom. The van der Waals surface area contributed by atoms with Crippen LogP contribution in [0, 0.1) is 6.92 Å². The zero-order valence-corrected chi connectivity index (χ0v) is 9.60. The van der Waals surface area contributed by atoms with Crippen molar-refractivity contribution >= 4 is 28.3 Å². The minimum Gasteiger partial charge on any atom is -0.383 e. The minimum absolute atomic E-state index is 0.621. The average Bonchev–Trinajstić information content (AvgIpc) is 2.18. The van der Waals surface area contributed by atoms with Gasteiger partial charge in [0.15, 0.2) is 0 Å². The first-order chi connectivity index (χ1) is 7.11. The standard InChI is InChI=1S/C12H13ClN2/c1-3-8-5-9-6-10(13)4-7(2)11(9)15-12(8)14/h4-6H,3H2,1-2H3,(H2,14,15). The Bertz CT molecular complexity index is 521. The summed E-state index contributed by atoms with van der Waals surface area (Å²) in [7, 11) is 0. The quantitative estimate of drug-likeness (QED) is 0.801. The predicted molar refractivity (Wildman–Crippen MR) is 65.3 cm³/mol. The molecule has 3 heteroatoms. The number of nitrogens with two attached hydrogens (primary N) is 1. The van der Waals surface area contributed by atoms with Crippen LogP contribution >= 0.6 is 11.6 Å². The number of rotatable bonds is 1. The van der Waals surface area contributed by atoms with Crippen LogP contribution in [0.3, 0.4) is 0 Å². The Kier molecular flexibility index (Phi) is 2.53. The maximum absolute atomic E-state index is 6.00. The van der Waals surface area contributed by atoms with Crippen LogP contribution in [0.25, 0.3) is 10.9 Å². The summed E-state index contributed by atoms with van der Waals surface area (Å²) >= 11 is 6.00. The lowest BCUT2D eigenvalue weighted by molar-refractivity contribution is 1.13. The minimum atomic E-state index is 0.621. The number of nitrogens with zero attached hydrogens (tertiary/aromatic N) is 1. The van der Waals surface area contributed by atoms with Gasteiger partial charge in [0.2, 0.25) is 0 Å². The number of hydrogen-bond donors (Lipinski definition) is 1. The van der Waals surface area contributed by atoms with Crippen LogP contribution in [-0.4, -0.2) is 4.98 Å². The molecule has 0 radical (unpaired) electrons. The van der Waals surface area contributed by atoms with E-state index >= 15 is 0 Å². The van der Waals surface area contributed by atoms with E-state index in [1.807, 2.05) is 19.1 Å². The molecule has 0 spiro atoms. The van der Waals surface area contributed by atoms with Gasteiger partial charge in [0.25, 0.3) is 0 Å². The summed E-state index contributed by atoms with van der Waals surface area (Å²) in [4.78, 5) is 4.41. The third-order valence-corrected chi connectivity index (χ3v) is 2.78. The number of hydrogen-bond acceptors (Lipinski definition) is 2. The first kappa shape index (κ1) is 10.2. The van der Waals surface area contributed by atoms with Crippen molar-refractivity contribution in [2.75, 3.05) is 5.73 Å². The van der Waals surface area contributed by atoms with Crippen LogP contribution in [0.15, 0.2) is 18.2 Å². The van der Waals surface area contributed by atoms with E-state index in [-0.39, 0.29) is 0 Å². The van der Waals surface area contributed by atoms with Crippen LogP contribution in [0.2, 0.25) is 5.02 Å². The van der Waals surface area contributed by atoms with E-state index in [1.165, 1.54) is 0 Å². The van der Waals surface area contributed by atoms with Crippen LogP contribution in [0.5, 0.6) is 0 Å². The first-order valence-electron chi connectivity index (χ1n) is 4.97. The SMILES string of the molecule is CCc1cc2cc(Cl)cc(C)c2nc1N. The van der Waals surface area contributed by atoms with Gasteiger partial charge >= 0.3 is 0 Å². The van der Waals surface area contributed by atoms with E-state index in [9.17, 15) is 0 Å². The van der Waals surface area contributed by atoms with Gasteiger partial charge in [0.1, 0.15) is 5.82 Å². The second kappa shape index (κ2) is 3.70. The maximum Gasteiger partial charge on any atom is 0.127 e. The molecule has 1 heterocycles. The monoisotopic (exact) mass is 220 g/mol. The Morgan fingerprint density at radius 1 is 1.33 bits per heavy atom. The Morgan fingerprint density at radius 3 is 2.73 bits per heavy atom. The zero-order valence-electron chi connectivity index (χ0n) is 8.84. The van der Waals surface area contributed by atoms with E-state index < -0.39 is 0 Å². The van der Waals surface area contributed by atoms with E-state index in [2.05, 4.69) is 18.0 Å². The highest BCUT2D eigenvalue weighted by molar-refractivity contribution is 6.31. The van der Waals surface area contributed by atoms with Crippen LogP contribution in [0.1, 0.15) is 18.1 Å². The third kappa shape index (κ3) is 1.77. The average molecular weight is 221 g/mol. The molecular formula is C12H13ClN2. The van der Waals surface area contributed by atoms with Gasteiger partial charge in [-0.05, 0) is 42.7 Å². The molecule has 0 amide bonds. The molecular weight excluding hydrogens is 208 g/mol. The van der Waals surface area contributed by atoms with E-state index in [0.29, 0.717) is 5.82 Å². The lowest BCUT2D eigenvalue weighted by atomic mass is 10.1. The lowest BCUT2D eigenvalue weighted by Crippen LogP contribution is -1.98. The normalized spacial score (nSPS) is 10.9. The van der Waals surface area contributed by atoms with E-state index in [4.69, 9.17) is 17.3 Å². The topological polar surface area (TPSA) is 38.9 Å². The molecule has 2 aromatic rings. The highest BCUT2D eigenvalue weighted by Gasteiger charge is 2.05. The molecule has 15 heavy (non-hydrogen) atoms. The molecule has 1 aromatic carbocycles. The molecule has 78 valence electrons. The number of halogens is 1. The number of benzene rings is 1. The van der Waals surface area contributed by atoms with Gasteiger partial charge < -0.3 is 5.73 Å². The smallest absolute Gasteiger partial charge is 0.127 e. The molecule has 0 saturated carbocycles. The van der Waals surface area contributed by atoms with Crippen molar-refractivity contribution in [1.29, 1.82) is 0 Å². The maximum atomic E-state index is 6.00. The highest BCUT2D eigenvalue weighted by Crippen LogP contribution is 2.25. The first-order valence-corrected chi connectivity index (χ1v) is 5.35. The van der Waals surface area contributed by atoms with Crippen molar-refractivity contribution in [3.8, 4) is 0 Å². The van der Waals surface area contributed by atoms with Gasteiger partial charge in [-0.25, -0.2) is 4.98 Å². The number of fused-ring (bicyclic) bond motifs is 1. The summed E-state index contributed by atoms with van der Waals surface area (Å²) in [5, 5.41) is 1.81. The Labute approximate surface area is 94.1 Å². The van der Waals surface area contributed by atoms with Gasteiger partial charge in [-0.3, -0.25) is 0 Å². The summed E-state index contributed by atoms with van der Waals surface area (Å²) in [6.45, 7) is 4.06. The summed E-state index contributed by atoms with van der Waals surface area (Å²) in [5.74, 6) is 0.621. The fourth-order valence-corrected chi connectivity index (χ4v) is 2.04. The predicted octanol–water partition coefficient (Wildman–Crippen LogP) is 3.34. The van der Waals surface area contributed by atoms with Crippen molar-refractivity contribution in [3.05, 3.63) is 34.3 Å². The molecule has 0 bridgehead atoms. The van der Waals surface area contributed by atoms with Crippen molar-refractivity contribution in [2.24, 2.45) is 0 Å². The van der Waals surface area contributed by atoms with Crippen molar-refractivity contribution in [3.63, 3.8) is 0 Å². The lowest BCUT2D eigenvalue weighted by Gasteiger charge is -2.07. The number of pyridine rings is 1. The zero-order chi connectivity index (χ0) is 11.0. The number of anilines is 1. The third-order valence-electron chi connectivity index (χ3n) is 2.57. The largest absolute Gasteiger partial charge is 0.383 e. The molecule has 2 N–H and O–H groups in total. The molecule has 0 aliphatic heterocycles. The molecule has 0 saturated heterocycles. The molecule has 2 rings (SSSR count). The van der Waals surface area contributed by atoms with Gasteiger partial charge in [-0.15, -0.1) is 0 Å². The van der Waals surface area contributed by atoms with E-state index in [0.717, 1.165) is 33.5 Å². The summed E-state index contributed by atoms with van der Waals surface area (Å²) in [6.07, 6.45) is 0.889. The molecule has 1 aromatic heterocycles. The van der Waals surface area contributed by atoms with Gasteiger partial charge in [-0.1, -0.05) is 18.5 Å². The number of aromatic nitrogens is 1. The second-order valence-electron chi connectivity index (χ2n) is 3.68. The van der Waals surface area contributed by atoms with Crippen LogP contribution in [0.4, 0.5) is 5.82 Å². The van der Waals surface area contributed by atoms with Gasteiger partial charge in [0, 0.05) is 10.4 Å². The molecule has 0 aliphatic rings. The van der Waals surface area contributed by atoms with Crippen molar-refractivity contribution < 1.29 is 0 Å². The molecule has 0 unspecified atom stereocenters. The molecule has 2 nitrogen and oxygen atoms in total. The summed E-state index contributed by atoms with van der Waals surface area (Å²) in [6, 6.07) is 5.90. The molecule has 0 atom stereocenters. The summed E-state index contributed by atoms with van der Waals surface area (Å²) < 4.78 is 0. The van der Waals surface area contributed by atoms with Gasteiger partial charge in [-0.2, -0.15) is 0 Å². The number of nitrogen functional groups attached to an aromatic ring is 1. The van der Waals surface area contributed by atoms with Gasteiger partial charge in [0.05, 0.1) is 5.52 Å². The Hall–Kier alpha value is -1.28. The summed E-state index contributed by atoms with van der Waals surface area (Å²) in [5.41, 5.74) is 8.93. The Balaban J connectivity index is 2.81. The van der Waals surface area contributed by atoms with Crippen LogP contribution in [-0.2, 0) is 6.42 Å². The van der Waals surface area contributed by atoms with Crippen LogP contribution < -0.4 is 5.73 Å². The molecule has 0 aliphatic carbocycles. The number of aryl methyl sites for hydroxylation is 2. The van der Waals surface area contributed by atoms with Crippen molar-refractivity contribution in [1.82, 2.24) is 4.98 Å². The molecule has 0 fully saturated rings. The second-order valence-corrected chi connectivity index (χ2v) is 4.12.